The van der Waals surface area contributed by atoms with Crippen molar-refractivity contribution in [2.45, 2.75) is 13.5 Å². The second-order valence-electron chi connectivity index (χ2n) is 6.10. The molecule has 3 aromatic heterocycles. The summed E-state index contributed by atoms with van der Waals surface area (Å²) < 4.78 is 16.1. The number of fused-ring (bicyclic) bond motifs is 2. The molecule has 0 amide bonds. The minimum atomic E-state index is -0.357. The van der Waals surface area contributed by atoms with Gasteiger partial charge in [-0.25, -0.2) is 14.1 Å². The summed E-state index contributed by atoms with van der Waals surface area (Å²) in [6.07, 6.45) is 1.63. The minimum Gasteiger partial charge on any atom is -0.375 e. The fourth-order valence-electron chi connectivity index (χ4n) is 2.78. The third kappa shape index (κ3) is 3.49. The molecule has 0 aliphatic carbocycles. The van der Waals surface area contributed by atoms with Crippen LogP contribution in [0.3, 0.4) is 0 Å². The molecule has 0 aliphatic rings. The molecule has 1 aromatic carbocycles. The lowest BCUT2D eigenvalue weighted by Crippen LogP contribution is -2.25. The van der Waals surface area contributed by atoms with E-state index in [-0.39, 0.29) is 17.5 Å². The van der Waals surface area contributed by atoms with E-state index in [0.717, 1.165) is 5.39 Å². The Bertz CT molecular complexity index is 1230. The Hall–Kier alpha value is -3.53. The second kappa shape index (κ2) is 7.24. The predicted molar refractivity (Wildman–Crippen MR) is 108 cm³/mol. The van der Waals surface area contributed by atoms with Crippen molar-refractivity contribution in [2.24, 2.45) is 10.8 Å². The molecule has 0 fully saturated rings. The van der Waals surface area contributed by atoms with Crippen LogP contribution < -0.4 is 11.2 Å². The van der Waals surface area contributed by atoms with Gasteiger partial charge in [-0.05, 0) is 43.4 Å². The van der Waals surface area contributed by atoms with Gasteiger partial charge in [-0.1, -0.05) is 11.3 Å². The summed E-state index contributed by atoms with van der Waals surface area (Å²) in [4.78, 5) is 8.72. The minimum absolute atomic E-state index is 0.0633. The van der Waals surface area contributed by atoms with E-state index in [2.05, 4.69) is 30.8 Å². The van der Waals surface area contributed by atoms with Gasteiger partial charge in [0, 0.05) is 23.2 Å². The van der Waals surface area contributed by atoms with Crippen molar-refractivity contribution in [2.75, 3.05) is 0 Å². The van der Waals surface area contributed by atoms with Crippen LogP contribution in [0.5, 0.6) is 0 Å². The number of pyridine rings is 2. The Morgan fingerprint density at radius 1 is 1.29 bits per heavy atom. The van der Waals surface area contributed by atoms with Gasteiger partial charge in [0.2, 0.25) is 0 Å². The van der Waals surface area contributed by atoms with Crippen molar-refractivity contribution in [1.82, 2.24) is 30.4 Å². The van der Waals surface area contributed by atoms with Gasteiger partial charge in [-0.3, -0.25) is 10.4 Å². The molecule has 8 nitrogen and oxygen atoms in total. The van der Waals surface area contributed by atoms with Gasteiger partial charge in [0.15, 0.2) is 10.8 Å². The zero-order valence-corrected chi connectivity index (χ0v) is 15.6. The summed E-state index contributed by atoms with van der Waals surface area (Å²) in [5.41, 5.74) is 11.3. The van der Waals surface area contributed by atoms with Crippen LogP contribution in [0.1, 0.15) is 18.2 Å². The SMILES string of the molecule is C/C(=N/NC(N)=S)c1ccc2nnn(Cc3cc4cccnc4cc3F)c2n1. The number of rotatable bonds is 4. The standard InChI is InChI=1S/C18H15FN8S/c1-10(23-25-18(20)28)14-4-5-15-17(22-14)27(26-24-15)9-12-7-11-3-2-6-21-16(11)8-13(12)19/h2-8H,9H2,1H3,(H3,20,25,28)/b23-10-. The summed E-state index contributed by atoms with van der Waals surface area (Å²) >= 11 is 4.74. The van der Waals surface area contributed by atoms with E-state index in [1.54, 1.807) is 36.0 Å². The smallest absolute Gasteiger partial charge is 0.184 e. The van der Waals surface area contributed by atoms with E-state index in [1.165, 1.54) is 6.07 Å². The maximum Gasteiger partial charge on any atom is 0.184 e. The highest BCUT2D eigenvalue weighted by molar-refractivity contribution is 7.80. The van der Waals surface area contributed by atoms with Crippen molar-refractivity contribution >= 4 is 45.1 Å². The van der Waals surface area contributed by atoms with Gasteiger partial charge in [0.05, 0.1) is 23.5 Å². The van der Waals surface area contributed by atoms with Gasteiger partial charge in [-0.2, -0.15) is 5.10 Å². The molecule has 140 valence electrons. The van der Waals surface area contributed by atoms with Gasteiger partial charge in [0.1, 0.15) is 11.3 Å². The van der Waals surface area contributed by atoms with E-state index >= 15 is 0 Å². The maximum atomic E-state index is 14.5. The summed E-state index contributed by atoms with van der Waals surface area (Å²) in [5.74, 6) is -0.357. The molecule has 3 heterocycles. The number of nitrogens with two attached hydrogens (primary N) is 1. The van der Waals surface area contributed by atoms with E-state index in [4.69, 9.17) is 18.0 Å². The molecule has 0 spiro atoms. The van der Waals surface area contributed by atoms with Crippen LogP contribution in [0.25, 0.3) is 22.1 Å². The largest absolute Gasteiger partial charge is 0.375 e. The third-order valence-corrected chi connectivity index (χ3v) is 4.25. The molecular formula is C18H15FN8S. The molecule has 28 heavy (non-hydrogen) atoms. The zero-order chi connectivity index (χ0) is 19.7. The Morgan fingerprint density at radius 3 is 2.96 bits per heavy atom. The van der Waals surface area contributed by atoms with Crippen LogP contribution in [0.2, 0.25) is 0 Å². The number of hydrogen-bond donors (Lipinski definition) is 2. The normalized spacial score (nSPS) is 11.9. The first-order chi connectivity index (χ1) is 13.5. The van der Waals surface area contributed by atoms with Crippen molar-refractivity contribution in [3.63, 3.8) is 0 Å². The Labute approximate surface area is 164 Å². The lowest BCUT2D eigenvalue weighted by atomic mass is 10.1. The van der Waals surface area contributed by atoms with E-state index in [0.29, 0.717) is 33.6 Å². The predicted octanol–water partition coefficient (Wildman–Crippen LogP) is 2.12. The summed E-state index contributed by atoms with van der Waals surface area (Å²) in [6.45, 7) is 1.95. The van der Waals surface area contributed by atoms with Crippen LogP contribution in [-0.2, 0) is 6.54 Å². The first-order valence-electron chi connectivity index (χ1n) is 8.35. The van der Waals surface area contributed by atoms with Crippen LogP contribution >= 0.6 is 12.2 Å². The van der Waals surface area contributed by atoms with Crippen molar-refractivity contribution < 1.29 is 4.39 Å². The summed E-state index contributed by atoms with van der Waals surface area (Å²) in [6, 6.07) is 10.4. The summed E-state index contributed by atoms with van der Waals surface area (Å²) in [5, 5.41) is 13.2. The molecular weight excluding hydrogens is 379 g/mol. The number of nitrogens with one attached hydrogen (secondary N) is 1. The lowest BCUT2D eigenvalue weighted by molar-refractivity contribution is 0.583. The Kier molecular flexibility index (Phi) is 4.62. The first kappa shape index (κ1) is 17.9. The van der Waals surface area contributed by atoms with Crippen molar-refractivity contribution in [3.8, 4) is 0 Å². The molecule has 3 N–H and O–H groups in total. The number of nitrogens with zero attached hydrogens (tertiary/aromatic N) is 6. The van der Waals surface area contributed by atoms with E-state index in [1.807, 2.05) is 12.1 Å². The molecule has 4 rings (SSSR count). The maximum absolute atomic E-state index is 14.5. The molecule has 0 saturated carbocycles. The Balaban J connectivity index is 1.71. The topological polar surface area (TPSA) is 107 Å². The number of thiocarbonyl (C=S) groups is 1. The molecule has 0 aliphatic heterocycles. The van der Waals surface area contributed by atoms with Crippen molar-refractivity contribution in [1.29, 1.82) is 0 Å². The van der Waals surface area contributed by atoms with Crippen molar-refractivity contribution in [3.05, 3.63) is 59.7 Å². The highest BCUT2D eigenvalue weighted by Gasteiger charge is 2.12. The van der Waals surface area contributed by atoms with E-state index < -0.39 is 0 Å². The molecule has 0 atom stereocenters. The van der Waals surface area contributed by atoms with Crippen LogP contribution in [0, 0.1) is 5.82 Å². The number of hydrogen-bond acceptors (Lipinski definition) is 6. The average molecular weight is 394 g/mol. The second-order valence-corrected chi connectivity index (χ2v) is 6.54. The number of halogens is 1. The molecule has 0 radical (unpaired) electrons. The molecule has 0 saturated heterocycles. The highest BCUT2D eigenvalue weighted by Crippen LogP contribution is 2.19. The number of hydrazone groups is 1. The fraction of sp³-hybridized carbons (Fsp3) is 0.111. The molecule has 4 aromatic rings. The zero-order valence-electron chi connectivity index (χ0n) is 14.8. The fourth-order valence-corrected chi connectivity index (χ4v) is 2.83. The van der Waals surface area contributed by atoms with Gasteiger partial charge in [0.25, 0.3) is 0 Å². The number of benzene rings is 1. The lowest BCUT2D eigenvalue weighted by Gasteiger charge is -2.07. The van der Waals surface area contributed by atoms with Crippen LogP contribution in [-0.4, -0.2) is 35.8 Å². The monoisotopic (exact) mass is 394 g/mol. The molecule has 0 bridgehead atoms. The third-order valence-electron chi connectivity index (χ3n) is 4.16. The Morgan fingerprint density at radius 2 is 2.14 bits per heavy atom. The van der Waals surface area contributed by atoms with Gasteiger partial charge in [-0.15, -0.1) is 5.10 Å². The van der Waals surface area contributed by atoms with Crippen LogP contribution in [0.15, 0.2) is 47.7 Å². The summed E-state index contributed by atoms with van der Waals surface area (Å²) in [7, 11) is 0. The molecule has 10 heteroatoms. The van der Waals surface area contributed by atoms with Gasteiger partial charge < -0.3 is 5.73 Å². The average Bonchev–Trinajstić information content (AvgIpc) is 3.08. The number of aromatic nitrogens is 5. The highest BCUT2D eigenvalue weighted by atomic mass is 32.1. The van der Waals surface area contributed by atoms with Crippen LogP contribution in [0.4, 0.5) is 4.39 Å². The molecule has 0 unspecified atom stereocenters. The van der Waals surface area contributed by atoms with Gasteiger partial charge >= 0.3 is 0 Å². The first-order valence-corrected chi connectivity index (χ1v) is 8.75. The van der Waals surface area contributed by atoms with E-state index in [9.17, 15) is 4.39 Å². The quantitative estimate of drug-likeness (QED) is 0.310.